The number of hydrogen-bond donors (Lipinski definition) is 3. The molecule has 2 aromatic rings. The first-order chi connectivity index (χ1) is 13.1. The van der Waals surface area contributed by atoms with Crippen LogP contribution in [0.1, 0.15) is 41.3 Å². The van der Waals surface area contributed by atoms with Crippen molar-refractivity contribution >= 4 is 35.6 Å². The zero-order valence-corrected chi connectivity index (χ0v) is 16.8. The number of nitrogens with two attached hydrogens (primary N) is 1. The summed E-state index contributed by atoms with van der Waals surface area (Å²) in [6.45, 7) is 3.67. The van der Waals surface area contributed by atoms with Gasteiger partial charge in [-0.15, -0.1) is 12.4 Å². The fraction of sp³-hybridized carbons (Fsp3) is 0.300. The van der Waals surface area contributed by atoms with Gasteiger partial charge in [0.1, 0.15) is 0 Å². The normalized spacial score (nSPS) is 11.9. The van der Waals surface area contributed by atoms with Crippen LogP contribution in [0.4, 0.5) is 24.5 Å². The number of rotatable bonds is 6. The Hall–Kier alpha value is -2.58. The number of anilines is 2. The average Bonchev–Trinajstić information content (AvgIpc) is 2.63. The molecule has 0 aliphatic rings. The van der Waals surface area contributed by atoms with Gasteiger partial charge in [0, 0.05) is 16.9 Å². The Morgan fingerprint density at radius 2 is 1.79 bits per heavy atom. The molecule has 0 aliphatic carbocycles. The fourth-order valence-electron chi connectivity index (χ4n) is 2.54. The van der Waals surface area contributed by atoms with Crippen molar-refractivity contribution in [3.8, 4) is 0 Å². The summed E-state index contributed by atoms with van der Waals surface area (Å²) in [5.41, 5.74) is 6.31. The third kappa shape index (κ3) is 6.76. The number of nitrogens with one attached hydrogen (secondary N) is 2. The van der Waals surface area contributed by atoms with Crippen molar-refractivity contribution in [2.45, 2.75) is 38.9 Å². The molecule has 158 valence electrons. The van der Waals surface area contributed by atoms with Crippen molar-refractivity contribution in [2.24, 2.45) is 5.73 Å². The Morgan fingerprint density at radius 1 is 1.10 bits per heavy atom. The number of amides is 2. The molecule has 0 aliphatic heterocycles. The highest BCUT2D eigenvalue weighted by Gasteiger charge is 2.30. The molecule has 0 saturated carbocycles. The van der Waals surface area contributed by atoms with Gasteiger partial charge in [0.15, 0.2) is 0 Å². The molecule has 1 unspecified atom stereocenters. The lowest BCUT2D eigenvalue weighted by Gasteiger charge is -2.14. The molecule has 0 fully saturated rings. The van der Waals surface area contributed by atoms with Gasteiger partial charge in [-0.25, -0.2) is 0 Å². The smallest absolute Gasteiger partial charge is 0.324 e. The van der Waals surface area contributed by atoms with Gasteiger partial charge in [-0.1, -0.05) is 25.5 Å². The molecule has 9 heteroatoms. The first-order valence-electron chi connectivity index (χ1n) is 8.77. The number of benzene rings is 2. The zero-order chi connectivity index (χ0) is 20.9. The molecular weight excluding hydrogens is 407 g/mol. The van der Waals surface area contributed by atoms with Crippen LogP contribution in [0.3, 0.4) is 0 Å². The summed E-state index contributed by atoms with van der Waals surface area (Å²) in [6, 6.07) is 8.35. The maximum Gasteiger partial charge on any atom is 0.416 e. The monoisotopic (exact) mass is 429 g/mol. The summed E-state index contributed by atoms with van der Waals surface area (Å²) < 4.78 is 38.4. The lowest BCUT2D eigenvalue weighted by atomic mass is 10.1. The Labute approximate surface area is 173 Å². The lowest BCUT2D eigenvalue weighted by molar-refractivity contribution is -0.137. The molecule has 0 aromatic heterocycles. The van der Waals surface area contributed by atoms with E-state index in [0.29, 0.717) is 12.1 Å². The van der Waals surface area contributed by atoms with Gasteiger partial charge in [0.25, 0.3) is 5.91 Å². The van der Waals surface area contributed by atoms with Crippen molar-refractivity contribution < 1.29 is 22.8 Å². The molecule has 4 N–H and O–H groups in total. The van der Waals surface area contributed by atoms with Crippen LogP contribution in [0.2, 0.25) is 0 Å². The third-order valence-electron chi connectivity index (χ3n) is 4.14. The highest BCUT2D eigenvalue weighted by atomic mass is 35.5. The van der Waals surface area contributed by atoms with E-state index >= 15 is 0 Å². The lowest BCUT2D eigenvalue weighted by Crippen LogP contribution is -2.35. The molecule has 1 atom stereocenters. The van der Waals surface area contributed by atoms with E-state index in [4.69, 9.17) is 5.73 Å². The Balaban J connectivity index is 0.00000420. The predicted octanol–water partition coefficient (Wildman–Crippen LogP) is 4.75. The summed E-state index contributed by atoms with van der Waals surface area (Å²) >= 11 is 0. The van der Waals surface area contributed by atoms with Crippen LogP contribution in [0.25, 0.3) is 0 Å². The van der Waals surface area contributed by atoms with Crippen LogP contribution in [0.15, 0.2) is 42.5 Å². The topological polar surface area (TPSA) is 84.2 Å². The third-order valence-corrected chi connectivity index (χ3v) is 4.14. The molecule has 0 heterocycles. The molecule has 2 rings (SSSR count). The second-order valence-corrected chi connectivity index (χ2v) is 6.45. The van der Waals surface area contributed by atoms with Crippen molar-refractivity contribution in [1.29, 1.82) is 0 Å². The van der Waals surface area contributed by atoms with Gasteiger partial charge in [-0.3, -0.25) is 9.59 Å². The highest BCUT2D eigenvalue weighted by Crippen LogP contribution is 2.30. The van der Waals surface area contributed by atoms with Gasteiger partial charge in [-0.05, 0) is 49.2 Å². The van der Waals surface area contributed by atoms with Crippen LogP contribution in [-0.2, 0) is 11.0 Å². The first-order valence-corrected chi connectivity index (χ1v) is 8.77. The van der Waals surface area contributed by atoms with Gasteiger partial charge in [0.05, 0.1) is 11.6 Å². The van der Waals surface area contributed by atoms with Gasteiger partial charge >= 0.3 is 6.18 Å². The molecule has 5 nitrogen and oxygen atoms in total. The second-order valence-electron chi connectivity index (χ2n) is 6.45. The van der Waals surface area contributed by atoms with E-state index < -0.39 is 23.7 Å². The summed E-state index contributed by atoms with van der Waals surface area (Å²) in [4.78, 5) is 24.5. The first kappa shape index (κ1) is 24.5. The minimum Gasteiger partial charge on any atom is -0.324 e. The van der Waals surface area contributed by atoms with Crippen molar-refractivity contribution in [3.05, 3.63) is 59.2 Å². The summed E-state index contributed by atoms with van der Waals surface area (Å²) in [5, 5.41) is 5.13. The zero-order valence-electron chi connectivity index (χ0n) is 16.0. The molecule has 0 spiro atoms. The summed E-state index contributed by atoms with van der Waals surface area (Å²) in [7, 11) is 0. The largest absolute Gasteiger partial charge is 0.416 e. The maximum atomic E-state index is 12.8. The van der Waals surface area contributed by atoms with E-state index in [1.165, 1.54) is 24.3 Å². The quantitative estimate of drug-likeness (QED) is 0.619. The van der Waals surface area contributed by atoms with Crippen molar-refractivity contribution in [2.75, 3.05) is 10.6 Å². The number of aryl methyl sites for hydroxylation is 1. The molecule has 0 radical (unpaired) electrons. The van der Waals surface area contributed by atoms with E-state index in [-0.39, 0.29) is 29.6 Å². The van der Waals surface area contributed by atoms with E-state index in [1.807, 2.05) is 6.92 Å². The number of hydrogen-bond acceptors (Lipinski definition) is 3. The molecule has 2 amide bonds. The number of alkyl halides is 3. The average molecular weight is 430 g/mol. The standard InChI is InChI=1S/C20H22F3N3O2.ClH/c1-3-5-16(24)19(28)26-17-10-13(9-8-12(17)2)18(27)25-15-7-4-6-14(11-15)20(21,22)23;/h4,6-11,16H,3,5,24H2,1-2H3,(H,25,27)(H,26,28);1H. The maximum absolute atomic E-state index is 12.8. The molecule has 2 aromatic carbocycles. The minimum atomic E-state index is -4.50. The van der Waals surface area contributed by atoms with Crippen LogP contribution in [0, 0.1) is 6.92 Å². The highest BCUT2D eigenvalue weighted by molar-refractivity contribution is 6.05. The number of halogens is 4. The van der Waals surface area contributed by atoms with Gasteiger partial charge in [0.2, 0.25) is 5.91 Å². The Morgan fingerprint density at radius 3 is 2.41 bits per heavy atom. The fourth-order valence-corrected chi connectivity index (χ4v) is 2.54. The van der Waals surface area contributed by atoms with Crippen LogP contribution in [-0.4, -0.2) is 17.9 Å². The van der Waals surface area contributed by atoms with E-state index in [2.05, 4.69) is 10.6 Å². The number of carbonyl (C=O) groups is 2. The molecule has 29 heavy (non-hydrogen) atoms. The Bertz CT molecular complexity index is 872. The van der Waals surface area contributed by atoms with Gasteiger partial charge < -0.3 is 16.4 Å². The SMILES string of the molecule is CCCC(N)C(=O)Nc1cc(C(=O)Nc2cccc(C(F)(F)F)c2)ccc1C.Cl. The predicted molar refractivity (Wildman–Crippen MR) is 109 cm³/mol. The van der Waals surface area contributed by atoms with E-state index in [9.17, 15) is 22.8 Å². The van der Waals surface area contributed by atoms with Gasteiger partial charge in [-0.2, -0.15) is 13.2 Å². The van der Waals surface area contributed by atoms with E-state index in [0.717, 1.165) is 24.1 Å². The molecular formula is C20H23ClF3N3O2. The van der Waals surface area contributed by atoms with Crippen LogP contribution in [0.5, 0.6) is 0 Å². The van der Waals surface area contributed by atoms with Crippen LogP contribution < -0.4 is 16.4 Å². The summed E-state index contributed by atoms with van der Waals surface area (Å²) in [5.74, 6) is -0.951. The van der Waals surface area contributed by atoms with E-state index in [1.54, 1.807) is 13.0 Å². The summed E-state index contributed by atoms with van der Waals surface area (Å²) in [6.07, 6.45) is -3.22. The Kier molecular flexibility index (Phi) is 8.66. The van der Waals surface area contributed by atoms with Crippen LogP contribution >= 0.6 is 12.4 Å². The number of carbonyl (C=O) groups excluding carboxylic acids is 2. The second kappa shape index (κ2) is 10.3. The minimum absolute atomic E-state index is 0. The van der Waals surface area contributed by atoms with Crippen molar-refractivity contribution in [3.63, 3.8) is 0 Å². The molecule has 0 bridgehead atoms. The molecule has 0 saturated heterocycles. The van der Waals surface area contributed by atoms with Crippen molar-refractivity contribution in [1.82, 2.24) is 0 Å².